The number of hydrogen-bond donors (Lipinski definition) is 2. The molecule has 2 aliphatic heterocycles. The maximum Gasteiger partial charge on any atom is 0.251 e. The number of piperidine rings is 1. The van der Waals surface area contributed by atoms with Gasteiger partial charge in [-0.05, 0) is 49.8 Å². The summed E-state index contributed by atoms with van der Waals surface area (Å²) in [5.41, 5.74) is 8.09. The molecule has 2 heterocycles. The molecule has 0 saturated carbocycles. The minimum Gasteiger partial charge on any atom is -0.399 e. The quantitative estimate of drug-likeness (QED) is 0.776. The lowest BCUT2D eigenvalue weighted by atomic mass is 10.0. The predicted octanol–water partition coefficient (Wildman–Crippen LogP) is 2.65. The van der Waals surface area contributed by atoms with Gasteiger partial charge in [-0.1, -0.05) is 6.07 Å². The molecule has 1 atom stereocenters. The molecule has 1 aromatic rings. The van der Waals surface area contributed by atoms with E-state index in [9.17, 15) is 4.79 Å². The number of halogens is 2. The second kappa shape index (κ2) is 10.2. The summed E-state index contributed by atoms with van der Waals surface area (Å²) < 4.78 is 5.45. The van der Waals surface area contributed by atoms with Crippen LogP contribution in [0, 0.1) is 12.8 Å². The number of benzene rings is 1. The number of aryl methyl sites for hydroxylation is 1. The first-order valence-electron chi connectivity index (χ1n) is 8.59. The first-order chi connectivity index (χ1) is 11.1. The number of nitrogens with two attached hydrogens (primary N) is 1. The van der Waals surface area contributed by atoms with Gasteiger partial charge in [0.25, 0.3) is 5.91 Å². The SMILES string of the molecule is Cc1ccc(N)cc1C(=O)NC1CCN(CC2CCOC2)CC1.Cl.Cl. The molecule has 0 bridgehead atoms. The van der Waals surface area contributed by atoms with E-state index >= 15 is 0 Å². The monoisotopic (exact) mass is 389 g/mol. The third kappa shape index (κ3) is 6.03. The van der Waals surface area contributed by atoms with E-state index in [4.69, 9.17) is 10.5 Å². The van der Waals surface area contributed by atoms with E-state index in [1.54, 1.807) is 6.07 Å². The Kier molecular flexibility index (Phi) is 9.00. The van der Waals surface area contributed by atoms with E-state index in [1.165, 1.54) is 6.42 Å². The van der Waals surface area contributed by atoms with Gasteiger partial charge >= 0.3 is 0 Å². The number of hydrogen-bond acceptors (Lipinski definition) is 4. The lowest BCUT2D eigenvalue weighted by Crippen LogP contribution is -2.46. The molecule has 3 N–H and O–H groups in total. The Morgan fingerprint density at radius 2 is 2.00 bits per heavy atom. The first-order valence-corrected chi connectivity index (χ1v) is 8.59. The number of carbonyl (C=O) groups excluding carboxylic acids is 1. The molecule has 1 unspecified atom stereocenters. The topological polar surface area (TPSA) is 67.6 Å². The Hall–Kier alpha value is -1.01. The van der Waals surface area contributed by atoms with Crippen molar-refractivity contribution in [2.75, 3.05) is 38.6 Å². The van der Waals surface area contributed by atoms with Crippen LogP contribution in [0.25, 0.3) is 0 Å². The highest BCUT2D eigenvalue weighted by atomic mass is 35.5. The zero-order valence-corrected chi connectivity index (χ0v) is 16.3. The molecule has 2 fully saturated rings. The number of nitrogen functional groups attached to an aromatic ring is 1. The molecule has 0 aromatic heterocycles. The van der Waals surface area contributed by atoms with Crippen LogP contribution in [0.3, 0.4) is 0 Å². The average Bonchev–Trinajstić information content (AvgIpc) is 3.04. The summed E-state index contributed by atoms with van der Waals surface area (Å²) in [6.45, 7) is 7.01. The zero-order chi connectivity index (χ0) is 16.2. The van der Waals surface area contributed by atoms with Gasteiger partial charge in [0.15, 0.2) is 0 Å². The second-order valence-corrected chi connectivity index (χ2v) is 6.85. The van der Waals surface area contributed by atoms with Crippen molar-refractivity contribution in [1.82, 2.24) is 10.2 Å². The third-order valence-electron chi connectivity index (χ3n) is 4.97. The van der Waals surface area contributed by atoms with E-state index in [2.05, 4.69) is 10.2 Å². The molecule has 25 heavy (non-hydrogen) atoms. The van der Waals surface area contributed by atoms with Gasteiger partial charge in [0, 0.05) is 43.5 Å². The van der Waals surface area contributed by atoms with Crippen LogP contribution in [0.5, 0.6) is 0 Å². The van der Waals surface area contributed by atoms with Crippen LogP contribution in [-0.2, 0) is 4.74 Å². The molecule has 0 aliphatic carbocycles. The van der Waals surface area contributed by atoms with Crippen LogP contribution in [0.4, 0.5) is 5.69 Å². The van der Waals surface area contributed by atoms with Crippen LogP contribution < -0.4 is 11.1 Å². The van der Waals surface area contributed by atoms with E-state index in [0.29, 0.717) is 17.2 Å². The van der Waals surface area contributed by atoms with E-state index in [0.717, 1.165) is 51.3 Å². The number of carbonyl (C=O) groups is 1. The number of nitrogens with one attached hydrogen (secondary N) is 1. The van der Waals surface area contributed by atoms with Crippen molar-refractivity contribution >= 4 is 36.4 Å². The normalized spacial score (nSPS) is 21.2. The Morgan fingerprint density at radius 3 is 2.64 bits per heavy atom. The van der Waals surface area contributed by atoms with Crippen molar-refractivity contribution in [3.8, 4) is 0 Å². The van der Waals surface area contributed by atoms with E-state index < -0.39 is 0 Å². The van der Waals surface area contributed by atoms with Crippen molar-refractivity contribution in [3.63, 3.8) is 0 Å². The van der Waals surface area contributed by atoms with Gasteiger partial charge in [0.1, 0.15) is 0 Å². The molecule has 7 heteroatoms. The van der Waals surface area contributed by atoms with Gasteiger partial charge < -0.3 is 20.7 Å². The van der Waals surface area contributed by atoms with Crippen molar-refractivity contribution in [3.05, 3.63) is 29.3 Å². The number of ether oxygens (including phenoxy) is 1. The first kappa shape index (κ1) is 22.0. The van der Waals surface area contributed by atoms with Crippen LogP contribution in [-0.4, -0.2) is 49.7 Å². The Balaban J connectivity index is 0.00000156. The van der Waals surface area contributed by atoms with Gasteiger partial charge in [-0.2, -0.15) is 0 Å². The van der Waals surface area contributed by atoms with E-state index in [1.807, 2.05) is 19.1 Å². The molecule has 3 rings (SSSR count). The summed E-state index contributed by atoms with van der Waals surface area (Å²) in [6, 6.07) is 5.76. The third-order valence-corrected chi connectivity index (χ3v) is 4.97. The van der Waals surface area contributed by atoms with Crippen molar-refractivity contribution in [1.29, 1.82) is 0 Å². The minimum absolute atomic E-state index is 0. The van der Waals surface area contributed by atoms with Crippen molar-refractivity contribution in [2.24, 2.45) is 5.92 Å². The highest BCUT2D eigenvalue weighted by Crippen LogP contribution is 2.18. The molecular weight excluding hydrogens is 361 g/mol. The molecule has 2 saturated heterocycles. The standard InChI is InChI=1S/C18H27N3O2.2ClH/c1-13-2-3-15(19)10-17(13)18(22)20-16-4-7-21(8-5-16)11-14-6-9-23-12-14;;/h2-3,10,14,16H,4-9,11-12,19H2,1H3,(H,20,22);2*1H. The van der Waals surface area contributed by atoms with Crippen molar-refractivity contribution in [2.45, 2.75) is 32.2 Å². The zero-order valence-electron chi connectivity index (χ0n) is 14.7. The van der Waals surface area contributed by atoms with Gasteiger partial charge in [-0.3, -0.25) is 4.79 Å². The second-order valence-electron chi connectivity index (χ2n) is 6.85. The molecule has 0 spiro atoms. The van der Waals surface area contributed by atoms with Crippen LogP contribution in [0.2, 0.25) is 0 Å². The number of amides is 1. The molecule has 2 aliphatic rings. The largest absolute Gasteiger partial charge is 0.399 e. The van der Waals surface area contributed by atoms with Crippen LogP contribution in [0.15, 0.2) is 18.2 Å². The van der Waals surface area contributed by atoms with E-state index in [-0.39, 0.29) is 36.8 Å². The lowest BCUT2D eigenvalue weighted by Gasteiger charge is -2.33. The predicted molar refractivity (Wildman–Crippen MR) is 106 cm³/mol. The summed E-state index contributed by atoms with van der Waals surface area (Å²) in [7, 11) is 0. The molecular formula is C18H29Cl2N3O2. The van der Waals surface area contributed by atoms with Gasteiger partial charge in [-0.15, -0.1) is 24.8 Å². The Labute approximate surface area is 162 Å². The number of rotatable bonds is 4. The molecule has 1 amide bonds. The smallest absolute Gasteiger partial charge is 0.251 e. The Morgan fingerprint density at radius 1 is 1.28 bits per heavy atom. The van der Waals surface area contributed by atoms with Gasteiger partial charge in [0.05, 0.1) is 6.61 Å². The number of likely N-dealkylation sites (tertiary alicyclic amines) is 1. The fraction of sp³-hybridized carbons (Fsp3) is 0.611. The lowest BCUT2D eigenvalue weighted by molar-refractivity contribution is 0.0902. The fourth-order valence-electron chi connectivity index (χ4n) is 3.50. The summed E-state index contributed by atoms with van der Waals surface area (Å²) >= 11 is 0. The maximum atomic E-state index is 12.4. The fourth-order valence-corrected chi connectivity index (χ4v) is 3.50. The number of nitrogens with zero attached hydrogens (tertiary/aromatic N) is 1. The maximum absolute atomic E-state index is 12.4. The van der Waals surface area contributed by atoms with Crippen LogP contribution in [0.1, 0.15) is 35.2 Å². The number of anilines is 1. The van der Waals surface area contributed by atoms with Gasteiger partial charge in [0.2, 0.25) is 0 Å². The highest BCUT2D eigenvalue weighted by Gasteiger charge is 2.25. The summed E-state index contributed by atoms with van der Waals surface area (Å²) in [6.07, 6.45) is 3.22. The minimum atomic E-state index is -0.00237. The average molecular weight is 390 g/mol. The molecule has 142 valence electrons. The molecule has 0 radical (unpaired) electrons. The van der Waals surface area contributed by atoms with Crippen molar-refractivity contribution < 1.29 is 9.53 Å². The summed E-state index contributed by atoms with van der Waals surface area (Å²) in [4.78, 5) is 15.0. The van der Waals surface area contributed by atoms with Crippen LogP contribution >= 0.6 is 24.8 Å². The summed E-state index contributed by atoms with van der Waals surface area (Å²) in [5, 5.41) is 3.17. The molecule has 1 aromatic carbocycles. The Bertz CT molecular complexity index is 557. The molecule has 5 nitrogen and oxygen atoms in total. The highest BCUT2D eigenvalue weighted by molar-refractivity contribution is 5.96. The van der Waals surface area contributed by atoms with Gasteiger partial charge in [-0.25, -0.2) is 0 Å². The summed E-state index contributed by atoms with van der Waals surface area (Å²) in [5.74, 6) is 0.688.